The Kier molecular flexibility index (Phi) is 5.51. The summed E-state index contributed by atoms with van der Waals surface area (Å²) in [7, 11) is 0. The van der Waals surface area contributed by atoms with Crippen molar-refractivity contribution in [3.05, 3.63) is 35.3 Å². The van der Waals surface area contributed by atoms with E-state index in [0.717, 1.165) is 15.7 Å². The average Bonchev–Trinajstić information content (AvgIpc) is 2.88. The Morgan fingerprint density at radius 3 is 2.80 bits per heavy atom. The van der Waals surface area contributed by atoms with Crippen LogP contribution in [0.25, 0.3) is 0 Å². The molecule has 3 N–H and O–H groups in total. The molecule has 1 amide bonds. The number of hydrogen-bond acceptors (Lipinski definition) is 6. The van der Waals surface area contributed by atoms with E-state index >= 15 is 0 Å². The molecule has 5 nitrogen and oxygen atoms in total. The molecule has 0 saturated carbocycles. The number of hydrogen-bond donors (Lipinski definition) is 2. The van der Waals surface area contributed by atoms with Crippen molar-refractivity contribution in [3.63, 3.8) is 0 Å². The van der Waals surface area contributed by atoms with E-state index in [2.05, 4.69) is 15.5 Å². The van der Waals surface area contributed by atoms with Crippen LogP contribution in [0.5, 0.6) is 0 Å². The monoisotopic (exact) mass is 308 g/mol. The fourth-order valence-electron chi connectivity index (χ4n) is 1.43. The molecular weight excluding hydrogens is 292 g/mol. The second-order valence-corrected chi connectivity index (χ2v) is 6.37. The number of nitrogens with zero attached hydrogens (tertiary/aromatic N) is 2. The summed E-state index contributed by atoms with van der Waals surface area (Å²) in [6, 6.07) is 9.84. The van der Waals surface area contributed by atoms with Gasteiger partial charge in [0.1, 0.15) is 5.01 Å². The van der Waals surface area contributed by atoms with Gasteiger partial charge in [0.2, 0.25) is 11.0 Å². The first kappa shape index (κ1) is 15.0. The van der Waals surface area contributed by atoms with Gasteiger partial charge in [-0.25, -0.2) is 0 Å². The SMILES string of the molecule is CC(N)c1nnc(NC(=O)CCSc2ccccc2)s1. The van der Waals surface area contributed by atoms with Crippen LogP contribution in [0.2, 0.25) is 0 Å². The van der Waals surface area contributed by atoms with Crippen LogP contribution in [0, 0.1) is 0 Å². The topological polar surface area (TPSA) is 80.9 Å². The van der Waals surface area contributed by atoms with E-state index in [1.807, 2.05) is 37.3 Å². The summed E-state index contributed by atoms with van der Waals surface area (Å²) in [6.45, 7) is 1.84. The van der Waals surface area contributed by atoms with Gasteiger partial charge >= 0.3 is 0 Å². The number of nitrogens with one attached hydrogen (secondary N) is 1. The van der Waals surface area contributed by atoms with Crippen molar-refractivity contribution in [2.75, 3.05) is 11.1 Å². The Labute approximate surface area is 126 Å². The van der Waals surface area contributed by atoms with Crippen molar-refractivity contribution >= 4 is 34.1 Å². The summed E-state index contributed by atoms with van der Waals surface area (Å²) in [5.74, 6) is 0.676. The molecule has 0 saturated heterocycles. The van der Waals surface area contributed by atoms with Gasteiger partial charge in [0.15, 0.2) is 0 Å². The average molecular weight is 308 g/mol. The van der Waals surface area contributed by atoms with Crippen LogP contribution in [0.4, 0.5) is 5.13 Å². The highest BCUT2D eigenvalue weighted by Crippen LogP contribution is 2.21. The molecule has 1 unspecified atom stereocenters. The summed E-state index contributed by atoms with van der Waals surface area (Å²) in [4.78, 5) is 12.9. The van der Waals surface area contributed by atoms with Crippen molar-refractivity contribution in [1.29, 1.82) is 0 Å². The lowest BCUT2D eigenvalue weighted by atomic mass is 10.4. The summed E-state index contributed by atoms with van der Waals surface area (Å²) in [6.07, 6.45) is 0.437. The number of benzene rings is 1. The summed E-state index contributed by atoms with van der Waals surface area (Å²) in [5, 5.41) is 11.8. The van der Waals surface area contributed by atoms with E-state index in [-0.39, 0.29) is 11.9 Å². The predicted octanol–water partition coefficient (Wildman–Crippen LogP) is 2.68. The van der Waals surface area contributed by atoms with Gasteiger partial charge in [0.25, 0.3) is 0 Å². The van der Waals surface area contributed by atoms with E-state index in [1.54, 1.807) is 11.8 Å². The first-order chi connectivity index (χ1) is 9.65. The normalized spacial score (nSPS) is 12.1. The number of carbonyl (C=O) groups is 1. The van der Waals surface area contributed by atoms with Gasteiger partial charge in [-0.1, -0.05) is 29.5 Å². The highest BCUT2D eigenvalue weighted by molar-refractivity contribution is 7.99. The molecule has 0 bridgehead atoms. The largest absolute Gasteiger partial charge is 0.322 e. The van der Waals surface area contributed by atoms with Crippen molar-refractivity contribution in [2.24, 2.45) is 5.73 Å². The van der Waals surface area contributed by atoms with Gasteiger partial charge in [-0.15, -0.1) is 22.0 Å². The first-order valence-corrected chi connectivity index (χ1v) is 8.02. The van der Waals surface area contributed by atoms with Crippen LogP contribution < -0.4 is 11.1 Å². The van der Waals surface area contributed by atoms with Gasteiger partial charge in [-0.05, 0) is 19.1 Å². The standard InChI is InChI=1S/C13H16N4OS2/c1-9(14)12-16-17-13(20-12)15-11(18)7-8-19-10-5-3-2-4-6-10/h2-6,9H,7-8,14H2,1H3,(H,15,17,18). The fraction of sp³-hybridized carbons (Fsp3) is 0.308. The molecule has 7 heteroatoms. The van der Waals surface area contributed by atoms with Gasteiger partial charge < -0.3 is 11.1 Å². The Bertz CT molecular complexity index is 557. The number of rotatable bonds is 6. The van der Waals surface area contributed by atoms with E-state index < -0.39 is 0 Å². The fourth-order valence-corrected chi connectivity index (χ4v) is 3.01. The van der Waals surface area contributed by atoms with Crippen molar-refractivity contribution < 1.29 is 4.79 Å². The molecule has 0 aliphatic rings. The van der Waals surface area contributed by atoms with E-state index in [9.17, 15) is 4.79 Å². The van der Waals surface area contributed by atoms with Gasteiger partial charge in [-0.3, -0.25) is 4.79 Å². The third-order valence-electron chi connectivity index (χ3n) is 2.42. The number of anilines is 1. The lowest BCUT2D eigenvalue weighted by Gasteiger charge is -2.01. The predicted molar refractivity (Wildman–Crippen MR) is 82.9 cm³/mol. The Morgan fingerprint density at radius 1 is 1.40 bits per heavy atom. The van der Waals surface area contributed by atoms with Crippen molar-refractivity contribution in [3.8, 4) is 0 Å². The first-order valence-electron chi connectivity index (χ1n) is 6.22. The summed E-state index contributed by atoms with van der Waals surface area (Å²) in [5.41, 5.74) is 5.69. The van der Waals surface area contributed by atoms with E-state index in [0.29, 0.717) is 11.6 Å². The maximum Gasteiger partial charge on any atom is 0.227 e. The zero-order chi connectivity index (χ0) is 14.4. The van der Waals surface area contributed by atoms with Crippen LogP contribution in [-0.2, 0) is 4.79 Å². The Morgan fingerprint density at radius 2 is 2.15 bits per heavy atom. The minimum Gasteiger partial charge on any atom is -0.322 e. The molecule has 20 heavy (non-hydrogen) atoms. The molecule has 0 radical (unpaired) electrons. The van der Waals surface area contributed by atoms with Crippen molar-refractivity contribution in [1.82, 2.24) is 10.2 Å². The van der Waals surface area contributed by atoms with E-state index in [1.165, 1.54) is 11.3 Å². The second-order valence-electron chi connectivity index (χ2n) is 4.19. The zero-order valence-corrected chi connectivity index (χ0v) is 12.7. The van der Waals surface area contributed by atoms with E-state index in [4.69, 9.17) is 5.73 Å². The zero-order valence-electron chi connectivity index (χ0n) is 11.1. The number of nitrogens with two attached hydrogens (primary N) is 1. The maximum absolute atomic E-state index is 11.8. The third-order valence-corrected chi connectivity index (χ3v) is 4.47. The van der Waals surface area contributed by atoms with Crippen LogP contribution in [-0.4, -0.2) is 21.9 Å². The Balaban J connectivity index is 1.75. The number of thioether (sulfide) groups is 1. The van der Waals surface area contributed by atoms with Crippen LogP contribution in [0.1, 0.15) is 24.4 Å². The second kappa shape index (κ2) is 7.37. The minimum atomic E-state index is -0.160. The van der Waals surface area contributed by atoms with Gasteiger partial charge in [0, 0.05) is 17.1 Å². The summed E-state index contributed by atoms with van der Waals surface area (Å²) < 4.78 is 0. The van der Waals surface area contributed by atoms with Gasteiger partial charge in [0.05, 0.1) is 6.04 Å². The molecule has 0 aliphatic heterocycles. The third kappa shape index (κ3) is 4.59. The molecule has 106 valence electrons. The van der Waals surface area contributed by atoms with Crippen LogP contribution in [0.3, 0.4) is 0 Å². The Hall–Kier alpha value is -1.44. The molecule has 0 spiro atoms. The quantitative estimate of drug-likeness (QED) is 0.802. The molecule has 1 heterocycles. The number of amides is 1. The molecular formula is C13H16N4OS2. The molecule has 2 aromatic rings. The molecule has 1 atom stereocenters. The van der Waals surface area contributed by atoms with Crippen LogP contribution in [0.15, 0.2) is 35.2 Å². The minimum absolute atomic E-state index is 0.0548. The highest BCUT2D eigenvalue weighted by Gasteiger charge is 2.10. The molecule has 0 fully saturated rings. The molecule has 1 aromatic carbocycles. The molecule has 0 aliphatic carbocycles. The maximum atomic E-state index is 11.8. The highest BCUT2D eigenvalue weighted by atomic mass is 32.2. The molecule has 1 aromatic heterocycles. The van der Waals surface area contributed by atoms with Crippen LogP contribution >= 0.6 is 23.1 Å². The summed E-state index contributed by atoms with van der Waals surface area (Å²) >= 11 is 2.97. The smallest absolute Gasteiger partial charge is 0.227 e. The lowest BCUT2D eigenvalue weighted by Crippen LogP contribution is -2.11. The lowest BCUT2D eigenvalue weighted by molar-refractivity contribution is -0.115. The molecule has 2 rings (SSSR count). The van der Waals surface area contributed by atoms with Crippen molar-refractivity contribution in [2.45, 2.75) is 24.3 Å². The number of aromatic nitrogens is 2. The number of carbonyl (C=O) groups excluding carboxylic acids is 1. The van der Waals surface area contributed by atoms with Gasteiger partial charge in [-0.2, -0.15) is 0 Å².